The summed E-state index contributed by atoms with van der Waals surface area (Å²) in [5.74, 6) is 0.483. The van der Waals surface area contributed by atoms with Gasteiger partial charge in [0.2, 0.25) is 5.91 Å². The van der Waals surface area contributed by atoms with Gasteiger partial charge in [0.05, 0.1) is 0 Å². The number of nitrogens with zero attached hydrogens (tertiary/aromatic N) is 1. The van der Waals surface area contributed by atoms with Crippen molar-refractivity contribution >= 4 is 5.91 Å². The zero-order chi connectivity index (χ0) is 11.8. The first-order chi connectivity index (χ1) is 7.79. The molecule has 16 heavy (non-hydrogen) atoms. The maximum absolute atomic E-state index is 12.2. The molecule has 0 aliphatic carbocycles. The third-order valence-electron chi connectivity index (χ3n) is 3.01. The van der Waals surface area contributed by atoms with Gasteiger partial charge in [-0.25, -0.2) is 0 Å². The Morgan fingerprint density at radius 2 is 2.06 bits per heavy atom. The van der Waals surface area contributed by atoms with Gasteiger partial charge in [-0.05, 0) is 32.2 Å². The molecular weight excluding hydrogens is 204 g/mol. The number of hydrogen-bond acceptors (Lipinski definition) is 3. The third kappa shape index (κ3) is 4.10. The highest BCUT2D eigenvalue weighted by atomic mass is 16.5. The van der Waals surface area contributed by atoms with Gasteiger partial charge in [0.1, 0.15) is 0 Å². The van der Waals surface area contributed by atoms with E-state index >= 15 is 0 Å². The molecule has 1 amide bonds. The summed E-state index contributed by atoms with van der Waals surface area (Å²) in [6, 6.07) is 0. The maximum Gasteiger partial charge on any atom is 0.225 e. The summed E-state index contributed by atoms with van der Waals surface area (Å²) in [4.78, 5) is 14.2. The van der Waals surface area contributed by atoms with Crippen LogP contribution >= 0.6 is 0 Å². The van der Waals surface area contributed by atoms with E-state index in [4.69, 9.17) is 10.5 Å². The van der Waals surface area contributed by atoms with E-state index in [1.54, 1.807) is 0 Å². The number of ether oxygens (including phenoxy) is 1. The lowest BCUT2D eigenvalue weighted by Gasteiger charge is -2.29. The Kier molecular flexibility index (Phi) is 6.42. The Balaban J connectivity index is 2.44. The van der Waals surface area contributed by atoms with Crippen molar-refractivity contribution in [1.29, 1.82) is 0 Å². The number of carbonyl (C=O) groups excluding carboxylic acids is 1. The molecule has 0 aromatic rings. The second-order valence-electron chi connectivity index (χ2n) is 4.35. The van der Waals surface area contributed by atoms with Crippen LogP contribution in [0.4, 0.5) is 0 Å². The molecule has 0 radical (unpaired) electrons. The van der Waals surface area contributed by atoms with E-state index in [2.05, 4.69) is 6.92 Å². The maximum atomic E-state index is 12.2. The van der Waals surface area contributed by atoms with E-state index in [0.717, 1.165) is 52.0 Å². The minimum atomic E-state index is 0.179. The molecule has 1 fully saturated rings. The molecule has 0 saturated carbocycles. The zero-order valence-corrected chi connectivity index (χ0v) is 10.3. The molecule has 1 aliphatic heterocycles. The summed E-state index contributed by atoms with van der Waals surface area (Å²) < 4.78 is 5.28. The fourth-order valence-corrected chi connectivity index (χ4v) is 2.09. The van der Waals surface area contributed by atoms with E-state index in [0.29, 0.717) is 12.5 Å². The molecule has 0 spiro atoms. The van der Waals surface area contributed by atoms with Gasteiger partial charge in [-0.1, -0.05) is 6.92 Å². The summed E-state index contributed by atoms with van der Waals surface area (Å²) in [7, 11) is 0. The average molecular weight is 228 g/mol. The summed E-state index contributed by atoms with van der Waals surface area (Å²) >= 11 is 0. The highest BCUT2D eigenvalue weighted by Gasteiger charge is 2.25. The Bertz CT molecular complexity index is 203. The predicted octanol–water partition coefficient (Wildman–Crippen LogP) is 1.00. The Labute approximate surface area is 98.1 Å². The van der Waals surface area contributed by atoms with Crippen molar-refractivity contribution in [2.75, 3.05) is 32.8 Å². The van der Waals surface area contributed by atoms with Gasteiger partial charge in [-0.15, -0.1) is 0 Å². The van der Waals surface area contributed by atoms with Gasteiger partial charge in [0.15, 0.2) is 0 Å². The first-order valence-corrected chi connectivity index (χ1v) is 6.36. The lowest BCUT2D eigenvalue weighted by Crippen LogP contribution is -2.40. The molecule has 1 aliphatic rings. The molecular formula is C12H24N2O2. The first kappa shape index (κ1) is 13.5. The largest absolute Gasteiger partial charge is 0.381 e. The molecule has 2 N–H and O–H groups in total. The third-order valence-corrected chi connectivity index (χ3v) is 3.01. The van der Waals surface area contributed by atoms with Gasteiger partial charge in [-0.2, -0.15) is 0 Å². The molecule has 4 nitrogen and oxygen atoms in total. The van der Waals surface area contributed by atoms with Crippen LogP contribution in [0.2, 0.25) is 0 Å². The first-order valence-electron chi connectivity index (χ1n) is 6.36. The number of rotatable bonds is 6. The van der Waals surface area contributed by atoms with Crippen LogP contribution in [0.3, 0.4) is 0 Å². The summed E-state index contributed by atoms with van der Waals surface area (Å²) in [6.45, 7) is 5.88. The molecule has 0 atom stereocenters. The Morgan fingerprint density at radius 3 is 2.62 bits per heavy atom. The van der Waals surface area contributed by atoms with Crippen LogP contribution in [0, 0.1) is 5.92 Å². The number of nitrogens with two attached hydrogens (primary N) is 1. The SMILES string of the molecule is CCCN(CCCN)C(=O)C1CCOCC1. The van der Waals surface area contributed by atoms with Crippen molar-refractivity contribution < 1.29 is 9.53 Å². The van der Waals surface area contributed by atoms with Crippen molar-refractivity contribution in [2.45, 2.75) is 32.6 Å². The lowest BCUT2D eigenvalue weighted by molar-refractivity contribution is -0.138. The Hall–Kier alpha value is -0.610. The lowest BCUT2D eigenvalue weighted by atomic mass is 9.98. The van der Waals surface area contributed by atoms with Crippen LogP contribution in [0.5, 0.6) is 0 Å². The van der Waals surface area contributed by atoms with E-state index in [9.17, 15) is 4.79 Å². The second-order valence-corrected chi connectivity index (χ2v) is 4.35. The molecule has 1 saturated heterocycles. The topological polar surface area (TPSA) is 55.6 Å². The fraction of sp³-hybridized carbons (Fsp3) is 0.917. The van der Waals surface area contributed by atoms with E-state index in [-0.39, 0.29) is 5.92 Å². The Morgan fingerprint density at radius 1 is 1.38 bits per heavy atom. The van der Waals surface area contributed by atoms with Crippen LogP contribution in [-0.4, -0.2) is 43.7 Å². The van der Waals surface area contributed by atoms with Crippen LogP contribution in [0.25, 0.3) is 0 Å². The van der Waals surface area contributed by atoms with Crippen LogP contribution < -0.4 is 5.73 Å². The molecule has 4 heteroatoms. The average Bonchev–Trinajstić information content (AvgIpc) is 2.35. The summed E-state index contributed by atoms with van der Waals surface area (Å²) in [5.41, 5.74) is 5.49. The molecule has 1 rings (SSSR count). The highest BCUT2D eigenvalue weighted by Crippen LogP contribution is 2.17. The summed E-state index contributed by atoms with van der Waals surface area (Å²) in [6.07, 6.45) is 3.66. The molecule has 0 unspecified atom stereocenters. The molecule has 0 aromatic carbocycles. The van der Waals surface area contributed by atoms with E-state index in [1.807, 2.05) is 4.90 Å². The minimum Gasteiger partial charge on any atom is -0.381 e. The zero-order valence-electron chi connectivity index (χ0n) is 10.3. The van der Waals surface area contributed by atoms with Crippen LogP contribution in [0.1, 0.15) is 32.6 Å². The van der Waals surface area contributed by atoms with Crippen LogP contribution in [-0.2, 0) is 9.53 Å². The second kappa shape index (κ2) is 7.63. The quantitative estimate of drug-likeness (QED) is 0.738. The van der Waals surface area contributed by atoms with Crippen molar-refractivity contribution in [3.8, 4) is 0 Å². The van der Waals surface area contributed by atoms with Gasteiger partial charge in [0.25, 0.3) is 0 Å². The van der Waals surface area contributed by atoms with Crippen molar-refractivity contribution in [2.24, 2.45) is 11.7 Å². The van der Waals surface area contributed by atoms with Crippen LogP contribution in [0.15, 0.2) is 0 Å². The van der Waals surface area contributed by atoms with Gasteiger partial charge in [-0.3, -0.25) is 4.79 Å². The normalized spacial score (nSPS) is 17.4. The van der Waals surface area contributed by atoms with E-state index < -0.39 is 0 Å². The fourth-order valence-electron chi connectivity index (χ4n) is 2.09. The summed E-state index contributed by atoms with van der Waals surface area (Å²) in [5, 5.41) is 0. The molecule has 0 bridgehead atoms. The van der Waals surface area contributed by atoms with Crippen molar-refractivity contribution in [3.63, 3.8) is 0 Å². The minimum absolute atomic E-state index is 0.179. The van der Waals surface area contributed by atoms with Gasteiger partial charge >= 0.3 is 0 Å². The molecule has 94 valence electrons. The number of carbonyl (C=O) groups is 1. The monoisotopic (exact) mass is 228 g/mol. The predicted molar refractivity (Wildman–Crippen MR) is 64.1 cm³/mol. The highest BCUT2D eigenvalue weighted by molar-refractivity contribution is 5.78. The molecule has 1 heterocycles. The smallest absolute Gasteiger partial charge is 0.225 e. The van der Waals surface area contributed by atoms with Gasteiger partial charge < -0.3 is 15.4 Å². The van der Waals surface area contributed by atoms with Gasteiger partial charge in [0, 0.05) is 32.2 Å². The van der Waals surface area contributed by atoms with Crippen molar-refractivity contribution in [3.05, 3.63) is 0 Å². The number of hydrogen-bond donors (Lipinski definition) is 1. The van der Waals surface area contributed by atoms with E-state index in [1.165, 1.54) is 0 Å². The van der Waals surface area contributed by atoms with Crippen molar-refractivity contribution in [1.82, 2.24) is 4.90 Å². The standard InChI is InChI=1S/C12H24N2O2/c1-2-7-14(8-3-6-13)12(15)11-4-9-16-10-5-11/h11H,2-10,13H2,1H3. The number of amides is 1. The molecule has 0 aromatic heterocycles.